The van der Waals surface area contributed by atoms with E-state index in [-0.39, 0.29) is 5.91 Å². The molecule has 24 heavy (non-hydrogen) atoms. The van der Waals surface area contributed by atoms with Crippen molar-refractivity contribution in [2.45, 2.75) is 41.2 Å². The van der Waals surface area contributed by atoms with E-state index < -0.39 is 5.41 Å². The summed E-state index contributed by atoms with van der Waals surface area (Å²) in [6.45, 7) is 11.9. The summed E-state index contributed by atoms with van der Waals surface area (Å²) >= 11 is 0. The van der Waals surface area contributed by atoms with Crippen molar-refractivity contribution in [3.05, 3.63) is 29.3 Å². The van der Waals surface area contributed by atoms with Crippen molar-refractivity contribution in [2.75, 3.05) is 19.7 Å². The second kappa shape index (κ2) is 9.15. The largest absolute Gasteiger partial charge is 0.494 e. The van der Waals surface area contributed by atoms with Crippen molar-refractivity contribution < 1.29 is 9.53 Å². The maximum atomic E-state index is 11.4. The van der Waals surface area contributed by atoms with Crippen molar-refractivity contribution in [1.82, 2.24) is 10.6 Å². The highest BCUT2D eigenvalue weighted by Crippen LogP contribution is 2.21. The highest BCUT2D eigenvalue weighted by atomic mass is 16.5. The number of amides is 1. The van der Waals surface area contributed by atoms with Crippen LogP contribution in [-0.4, -0.2) is 31.6 Å². The summed E-state index contributed by atoms with van der Waals surface area (Å²) < 4.78 is 5.68. The minimum Gasteiger partial charge on any atom is -0.494 e. The molecule has 0 radical (unpaired) electrons. The van der Waals surface area contributed by atoms with Crippen molar-refractivity contribution >= 4 is 11.9 Å². The van der Waals surface area contributed by atoms with Gasteiger partial charge >= 0.3 is 0 Å². The molecule has 0 unspecified atom stereocenters. The lowest BCUT2D eigenvalue weighted by Gasteiger charge is -2.22. The number of carbonyl (C=O) groups is 1. The van der Waals surface area contributed by atoms with Crippen LogP contribution in [0.15, 0.2) is 23.2 Å². The molecule has 0 saturated heterocycles. The molecule has 4 N–H and O–H groups in total. The van der Waals surface area contributed by atoms with Crippen LogP contribution < -0.4 is 21.1 Å². The summed E-state index contributed by atoms with van der Waals surface area (Å²) in [4.78, 5) is 16.0. The van der Waals surface area contributed by atoms with Crippen LogP contribution in [0, 0.1) is 12.3 Å². The third-order valence-electron chi connectivity index (χ3n) is 3.64. The third kappa shape index (κ3) is 6.10. The number of benzene rings is 1. The highest BCUT2D eigenvalue weighted by Gasteiger charge is 2.24. The van der Waals surface area contributed by atoms with Crippen LogP contribution in [0.2, 0.25) is 0 Å². The van der Waals surface area contributed by atoms with E-state index in [1.54, 1.807) is 13.8 Å². The second-order valence-electron chi connectivity index (χ2n) is 6.34. The SMILES string of the molecule is CCNC(=NCc1ccc(C)cc1OCC)NCC(C)(C)C(N)=O. The summed E-state index contributed by atoms with van der Waals surface area (Å²) in [5, 5.41) is 6.35. The molecule has 0 fully saturated rings. The fraction of sp³-hybridized carbons (Fsp3) is 0.556. The first kappa shape index (κ1) is 19.8. The Morgan fingerprint density at radius 2 is 2.00 bits per heavy atom. The lowest BCUT2D eigenvalue weighted by atomic mass is 9.93. The van der Waals surface area contributed by atoms with Crippen LogP contribution in [0.4, 0.5) is 0 Å². The average Bonchev–Trinajstić information content (AvgIpc) is 2.51. The summed E-state index contributed by atoms with van der Waals surface area (Å²) in [5.74, 6) is 1.16. The fourth-order valence-electron chi connectivity index (χ4n) is 1.98. The number of carbonyl (C=O) groups excluding carboxylic acids is 1. The molecule has 0 atom stereocenters. The average molecular weight is 334 g/mol. The number of primary amides is 1. The number of ether oxygens (including phenoxy) is 1. The van der Waals surface area contributed by atoms with Crippen molar-refractivity contribution in [1.29, 1.82) is 0 Å². The molecule has 1 rings (SSSR count). The van der Waals surface area contributed by atoms with Crippen molar-refractivity contribution in [3.63, 3.8) is 0 Å². The molecule has 0 aliphatic carbocycles. The molecule has 0 saturated carbocycles. The Bertz CT molecular complexity index is 582. The number of rotatable bonds is 8. The standard InChI is InChI=1S/C18H30N4O2/c1-6-20-17(22-12-18(4,5)16(19)23)21-11-14-9-8-13(3)10-15(14)24-7-2/h8-10H,6-7,11-12H2,1-5H3,(H2,19,23)(H2,20,21,22). The molecule has 0 aliphatic rings. The smallest absolute Gasteiger partial charge is 0.224 e. The first-order valence-corrected chi connectivity index (χ1v) is 8.34. The predicted molar refractivity (Wildman–Crippen MR) is 98.1 cm³/mol. The number of nitrogens with two attached hydrogens (primary N) is 1. The number of guanidine groups is 1. The van der Waals surface area contributed by atoms with Gasteiger partial charge in [0.15, 0.2) is 5.96 Å². The number of hydrogen-bond donors (Lipinski definition) is 3. The van der Waals surface area contributed by atoms with Crippen LogP contribution in [0.1, 0.15) is 38.8 Å². The third-order valence-corrected chi connectivity index (χ3v) is 3.64. The Hall–Kier alpha value is -2.24. The number of nitrogens with zero attached hydrogens (tertiary/aromatic N) is 1. The van der Waals surface area contributed by atoms with Gasteiger partial charge in [-0.25, -0.2) is 4.99 Å². The zero-order valence-electron chi connectivity index (χ0n) is 15.4. The normalized spacial score (nSPS) is 12.0. The Balaban J connectivity index is 2.84. The van der Waals surface area contributed by atoms with E-state index in [0.29, 0.717) is 25.7 Å². The van der Waals surface area contributed by atoms with E-state index in [1.165, 1.54) is 0 Å². The molecule has 1 aromatic carbocycles. The predicted octanol–water partition coefficient (Wildman–Crippen LogP) is 1.96. The zero-order valence-corrected chi connectivity index (χ0v) is 15.4. The van der Waals surface area contributed by atoms with Gasteiger partial charge in [-0.15, -0.1) is 0 Å². The van der Waals surface area contributed by atoms with Crippen LogP contribution in [0.3, 0.4) is 0 Å². The molecule has 1 aromatic rings. The monoisotopic (exact) mass is 334 g/mol. The fourth-order valence-corrected chi connectivity index (χ4v) is 1.98. The van der Waals surface area contributed by atoms with Crippen molar-refractivity contribution in [3.8, 4) is 5.75 Å². The molecule has 6 heteroatoms. The molecule has 6 nitrogen and oxygen atoms in total. The minimum absolute atomic E-state index is 0.344. The number of aliphatic imine (C=N–C) groups is 1. The minimum atomic E-state index is -0.642. The Labute approximate surface area is 144 Å². The first-order chi connectivity index (χ1) is 11.3. The van der Waals surface area contributed by atoms with E-state index in [4.69, 9.17) is 10.5 Å². The Morgan fingerprint density at radius 3 is 2.58 bits per heavy atom. The number of aryl methyl sites for hydroxylation is 1. The molecule has 0 aliphatic heterocycles. The quantitative estimate of drug-likeness (QED) is 0.501. The molecule has 0 bridgehead atoms. The molecular formula is C18H30N4O2. The van der Waals surface area contributed by atoms with Crippen LogP contribution in [0.25, 0.3) is 0 Å². The van der Waals surface area contributed by atoms with Gasteiger partial charge in [0.1, 0.15) is 5.75 Å². The van der Waals surface area contributed by atoms with Gasteiger partial charge in [-0.3, -0.25) is 4.79 Å². The topological polar surface area (TPSA) is 88.7 Å². The van der Waals surface area contributed by atoms with Crippen LogP contribution in [-0.2, 0) is 11.3 Å². The summed E-state index contributed by atoms with van der Waals surface area (Å²) in [6.07, 6.45) is 0. The Kier molecular flexibility index (Phi) is 7.55. The number of nitrogens with one attached hydrogen (secondary N) is 2. The van der Waals surface area contributed by atoms with Gasteiger partial charge in [-0.1, -0.05) is 12.1 Å². The van der Waals surface area contributed by atoms with Gasteiger partial charge in [0.2, 0.25) is 5.91 Å². The number of hydrogen-bond acceptors (Lipinski definition) is 3. The van der Waals surface area contributed by atoms with E-state index in [1.807, 2.05) is 39.0 Å². The summed E-state index contributed by atoms with van der Waals surface area (Å²) in [6, 6.07) is 6.09. The van der Waals surface area contributed by atoms with E-state index >= 15 is 0 Å². The second-order valence-corrected chi connectivity index (χ2v) is 6.34. The van der Waals surface area contributed by atoms with E-state index in [0.717, 1.165) is 23.4 Å². The van der Waals surface area contributed by atoms with Crippen LogP contribution >= 0.6 is 0 Å². The maximum Gasteiger partial charge on any atom is 0.224 e. The van der Waals surface area contributed by atoms with Crippen molar-refractivity contribution in [2.24, 2.45) is 16.1 Å². The first-order valence-electron chi connectivity index (χ1n) is 8.34. The molecule has 0 spiro atoms. The summed E-state index contributed by atoms with van der Waals surface area (Å²) in [5.41, 5.74) is 6.94. The van der Waals surface area contributed by atoms with Gasteiger partial charge in [0.05, 0.1) is 18.6 Å². The van der Waals surface area contributed by atoms with Crippen LogP contribution in [0.5, 0.6) is 5.75 Å². The van der Waals surface area contributed by atoms with E-state index in [2.05, 4.69) is 15.6 Å². The summed E-state index contributed by atoms with van der Waals surface area (Å²) in [7, 11) is 0. The van der Waals surface area contributed by atoms with Gasteiger partial charge in [-0.2, -0.15) is 0 Å². The Morgan fingerprint density at radius 1 is 1.29 bits per heavy atom. The molecular weight excluding hydrogens is 304 g/mol. The lowest BCUT2D eigenvalue weighted by Crippen LogP contribution is -2.46. The van der Waals surface area contributed by atoms with Gasteiger partial charge in [0.25, 0.3) is 0 Å². The van der Waals surface area contributed by atoms with Gasteiger partial charge < -0.3 is 21.1 Å². The zero-order chi connectivity index (χ0) is 18.2. The van der Waals surface area contributed by atoms with E-state index in [9.17, 15) is 4.79 Å². The molecule has 134 valence electrons. The van der Waals surface area contributed by atoms with Gasteiger partial charge in [0, 0.05) is 18.7 Å². The maximum absolute atomic E-state index is 11.4. The molecule has 0 aromatic heterocycles. The lowest BCUT2D eigenvalue weighted by molar-refractivity contribution is -0.125. The molecule has 0 heterocycles. The highest BCUT2D eigenvalue weighted by molar-refractivity contribution is 5.83. The van der Waals surface area contributed by atoms with Gasteiger partial charge in [-0.05, 0) is 46.2 Å². The molecule has 1 amide bonds.